The van der Waals surface area contributed by atoms with E-state index < -0.39 is 0 Å². The largest absolute Gasteiger partial charge is 0.416 e. The lowest BCUT2D eigenvalue weighted by molar-refractivity contribution is 0.128. The zero-order valence-electron chi connectivity index (χ0n) is 11.7. The molecule has 2 rings (SSSR count). The maximum atomic E-state index is 5.35. The number of ether oxygens (including phenoxy) is 1. The van der Waals surface area contributed by atoms with Crippen molar-refractivity contribution in [2.75, 3.05) is 18.5 Å². The smallest absolute Gasteiger partial charge is 0.282 e. The Morgan fingerprint density at radius 1 is 1.30 bits per heavy atom. The van der Waals surface area contributed by atoms with Crippen LogP contribution in [0.5, 0.6) is 0 Å². The molecule has 2 heterocycles. The van der Waals surface area contributed by atoms with E-state index in [-0.39, 0.29) is 0 Å². The molecule has 0 radical (unpaired) electrons. The molecule has 0 spiro atoms. The van der Waals surface area contributed by atoms with Crippen molar-refractivity contribution in [2.24, 2.45) is 0 Å². The molecule has 0 unspecified atom stereocenters. The molecule has 0 atom stereocenters. The fourth-order valence-corrected chi connectivity index (χ4v) is 2.21. The van der Waals surface area contributed by atoms with Gasteiger partial charge in [0.05, 0.1) is 0 Å². The van der Waals surface area contributed by atoms with Crippen molar-refractivity contribution in [2.45, 2.75) is 37.6 Å². The van der Waals surface area contributed by atoms with Gasteiger partial charge in [-0.25, -0.2) is 9.97 Å². The van der Waals surface area contributed by atoms with Gasteiger partial charge in [0, 0.05) is 26.1 Å². The Balaban J connectivity index is 2.18. The van der Waals surface area contributed by atoms with Crippen LogP contribution >= 0.6 is 11.8 Å². The summed E-state index contributed by atoms with van der Waals surface area (Å²) in [6.45, 7) is 7.49. The van der Waals surface area contributed by atoms with E-state index in [1.54, 1.807) is 6.92 Å². The maximum absolute atomic E-state index is 5.35. The average Bonchev–Trinajstić information content (AvgIpc) is 2.82. The molecule has 20 heavy (non-hydrogen) atoms. The van der Waals surface area contributed by atoms with E-state index in [2.05, 4.69) is 25.5 Å². The first-order valence-corrected chi connectivity index (χ1v) is 7.20. The molecule has 0 bridgehead atoms. The molecule has 0 aliphatic carbocycles. The molecule has 0 amide bonds. The van der Waals surface area contributed by atoms with Gasteiger partial charge < -0.3 is 14.5 Å². The highest BCUT2D eigenvalue weighted by molar-refractivity contribution is 7.99. The number of hydrogen-bond acceptors (Lipinski definition) is 8. The fourth-order valence-electron chi connectivity index (χ4n) is 1.46. The highest BCUT2D eigenvalue weighted by Gasteiger charge is 2.10. The third-order valence-corrected chi connectivity index (χ3v) is 3.00. The molecule has 108 valence electrons. The van der Waals surface area contributed by atoms with Gasteiger partial charge in [0.15, 0.2) is 5.82 Å². The standard InChI is InChI=1S/C12H17N5O2S/c1-4-13-9-6-11(15-10(14-9)7-18-5-2)20-12-17-16-8(3)19-12/h6H,4-5,7H2,1-3H3,(H,13,14,15). The van der Waals surface area contributed by atoms with E-state index >= 15 is 0 Å². The Bertz CT molecular complexity index is 561. The Morgan fingerprint density at radius 2 is 2.15 bits per heavy atom. The summed E-state index contributed by atoms with van der Waals surface area (Å²) in [5, 5.41) is 12.1. The summed E-state index contributed by atoms with van der Waals surface area (Å²) < 4.78 is 10.7. The van der Waals surface area contributed by atoms with E-state index in [4.69, 9.17) is 9.15 Å². The van der Waals surface area contributed by atoms with Gasteiger partial charge in [-0.05, 0) is 25.6 Å². The van der Waals surface area contributed by atoms with Crippen molar-refractivity contribution in [3.8, 4) is 0 Å². The normalized spacial score (nSPS) is 10.8. The van der Waals surface area contributed by atoms with Gasteiger partial charge in [0.25, 0.3) is 5.22 Å². The zero-order chi connectivity index (χ0) is 14.4. The maximum Gasteiger partial charge on any atom is 0.282 e. The van der Waals surface area contributed by atoms with Crippen molar-refractivity contribution in [1.82, 2.24) is 20.2 Å². The van der Waals surface area contributed by atoms with Crippen LogP contribution in [0.1, 0.15) is 25.6 Å². The van der Waals surface area contributed by atoms with Crippen molar-refractivity contribution in [1.29, 1.82) is 0 Å². The minimum Gasteiger partial charge on any atom is -0.416 e. The van der Waals surface area contributed by atoms with Gasteiger partial charge in [-0.1, -0.05) is 0 Å². The Hall–Kier alpha value is -1.67. The summed E-state index contributed by atoms with van der Waals surface area (Å²) in [7, 11) is 0. The lowest BCUT2D eigenvalue weighted by atomic mass is 10.5. The SMILES string of the molecule is CCNc1cc(Sc2nnc(C)o2)nc(COCC)n1. The second kappa shape index (κ2) is 7.20. The molecule has 8 heteroatoms. The van der Waals surface area contributed by atoms with E-state index in [1.807, 2.05) is 19.9 Å². The predicted octanol–water partition coefficient (Wildman–Crippen LogP) is 2.29. The third kappa shape index (κ3) is 4.17. The third-order valence-electron chi connectivity index (χ3n) is 2.24. The fraction of sp³-hybridized carbons (Fsp3) is 0.500. The molecule has 2 aromatic rings. The molecular weight excluding hydrogens is 278 g/mol. The summed E-state index contributed by atoms with van der Waals surface area (Å²) >= 11 is 1.31. The number of hydrogen-bond donors (Lipinski definition) is 1. The minimum atomic E-state index is 0.381. The van der Waals surface area contributed by atoms with Crippen LogP contribution in [0.3, 0.4) is 0 Å². The number of aromatic nitrogens is 4. The van der Waals surface area contributed by atoms with Gasteiger partial charge in [0.2, 0.25) is 5.89 Å². The molecule has 0 saturated heterocycles. The highest BCUT2D eigenvalue weighted by atomic mass is 32.2. The zero-order valence-corrected chi connectivity index (χ0v) is 12.5. The second-order valence-electron chi connectivity index (χ2n) is 3.86. The molecule has 0 saturated carbocycles. The van der Waals surface area contributed by atoms with Crippen LogP contribution in [-0.2, 0) is 11.3 Å². The van der Waals surface area contributed by atoms with Crippen LogP contribution in [0.2, 0.25) is 0 Å². The van der Waals surface area contributed by atoms with Gasteiger partial charge in [-0.15, -0.1) is 10.2 Å². The Labute approximate surface area is 121 Å². The van der Waals surface area contributed by atoms with Crippen molar-refractivity contribution < 1.29 is 9.15 Å². The van der Waals surface area contributed by atoms with Crippen LogP contribution in [0.25, 0.3) is 0 Å². The first-order chi connectivity index (χ1) is 9.71. The summed E-state index contributed by atoms with van der Waals surface area (Å²) in [5.74, 6) is 1.92. The Kier molecular flexibility index (Phi) is 5.31. The quantitative estimate of drug-likeness (QED) is 0.779. The lowest BCUT2D eigenvalue weighted by Crippen LogP contribution is -2.05. The number of aryl methyl sites for hydroxylation is 1. The molecule has 7 nitrogen and oxygen atoms in total. The first kappa shape index (κ1) is 14.7. The molecular formula is C12H17N5O2S. The number of rotatable bonds is 7. The van der Waals surface area contributed by atoms with E-state index in [1.165, 1.54) is 11.8 Å². The van der Waals surface area contributed by atoms with Gasteiger partial charge in [0.1, 0.15) is 17.5 Å². The molecule has 0 aromatic carbocycles. The van der Waals surface area contributed by atoms with Gasteiger partial charge in [-0.2, -0.15) is 0 Å². The lowest BCUT2D eigenvalue weighted by Gasteiger charge is -2.07. The van der Waals surface area contributed by atoms with Crippen molar-refractivity contribution in [3.05, 3.63) is 17.8 Å². The molecule has 0 aliphatic rings. The number of nitrogens with zero attached hydrogens (tertiary/aromatic N) is 4. The van der Waals surface area contributed by atoms with E-state index in [0.29, 0.717) is 30.2 Å². The van der Waals surface area contributed by atoms with Crippen LogP contribution in [0.15, 0.2) is 20.7 Å². The molecule has 0 fully saturated rings. The summed E-state index contributed by atoms with van der Waals surface area (Å²) in [5.41, 5.74) is 0. The van der Waals surface area contributed by atoms with E-state index in [0.717, 1.165) is 17.4 Å². The number of nitrogens with one attached hydrogen (secondary N) is 1. The summed E-state index contributed by atoms with van der Waals surface area (Å²) in [4.78, 5) is 8.80. The summed E-state index contributed by atoms with van der Waals surface area (Å²) in [6, 6.07) is 1.85. The molecule has 0 aliphatic heterocycles. The summed E-state index contributed by atoms with van der Waals surface area (Å²) in [6.07, 6.45) is 0. The predicted molar refractivity (Wildman–Crippen MR) is 74.7 cm³/mol. The number of anilines is 1. The second-order valence-corrected chi connectivity index (χ2v) is 4.84. The van der Waals surface area contributed by atoms with Crippen LogP contribution in [0, 0.1) is 6.92 Å². The van der Waals surface area contributed by atoms with Crippen molar-refractivity contribution >= 4 is 17.6 Å². The van der Waals surface area contributed by atoms with Crippen LogP contribution in [0.4, 0.5) is 5.82 Å². The monoisotopic (exact) mass is 295 g/mol. The highest BCUT2D eigenvalue weighted by Crippen LogP contribution is 2.26. The van der Waals surface area contributed by atoms with Crippen LogP contribution in [-0.4, -0.2) is 33.3 Å². The average molecular weight is 295 g/mol. The minimum absolute atomic E-state index is 0.381. The van der Waals surface area contributed by atoms with Crippen molar-refractivity contribution in [3.63, 3.8) is 0 Å². The van der Waals surface area contributed by atoms with E-state index in [9.17, 15) is 0 Å². The van der Waals surface area contributed by atoms with Gasteiger partial charge >= 0.3 is 0 Å². The molecule has 1 N–H and O–H groups in total. The molecule has 2 aromatic heterocycles. The van der Waals surface area contributed by atoms with Crippen LogP contribution < -0.4 is 5.32 Å². The first-order valence-electron chi connectivity index (χ1n) is 6.38. The van der Waals surface area contributed by atoms with Gasteiger partial charge in [-0.3, -0.25) is 0 Å². The Morgan fingerprint density at radius 3 is 2.80 bits per heavy atom. The topological polar surface area (TPSA) is 86.0 Å².